The number of pyridine rings is 1. The molecule has 0 aliphatic rings. The van der Waals surface area contributed by atoms with E-state index in [1.165, 1.54) is 0 Å². The summed E-state index contributed by atoms with van der Waals surface area (Å²) in [6, 6.07) is 21.1. The van der Waals surface area contributed by atoms with Crippen LogP contribution in [0.5, 0.6) is 11.6 Å². The molecule has 0 fully saturated rings. The topological polar surface area (TPSA) is 57.1 Å². The standard InChI is InChI=1S/C23H17N3O2/c1-27-19-12-9-18(10-13-19)16-28-23-21(14-11-17-6-3-2-4-7-17)25-22-20(26-23)8-5-15-24-22/h2-10,12-13,15H,16H2,1H3. The normalized spacial score (nSPS) is 10.2. The Hall–Kier alpha value is -3.91. The molecule has 0 N–H and O–H groups in total. The van der Waals surface area contributed by atoms with Gasteiger partial charge in [-0.15, -0.1) is 0 Å². The Morgan fingerprint density at radius 3 is 2.46 bits per heavy atom. The van der Waals surface area contributed by atoms with Crippen molar-refractivity contribution < 1.29 is 9.47 Å². The van der Waals surface area contributed by atoms with Crippen LogP contribution in [0.4, 0.5) is 0 Å². The average Bonchev–Trinajstić information content (AvgIpc) is 2.77. The number of methoxy groups -OCH3 is 1. The Kier molecular flexibility index (Phi) is 5.12. The summed E-state index contributed by atoms with van der Waals surface area (Å²) in [5.41, 5.74) is 3.56. The Bertz CT molecular complexity index is 1150. The minimum atomic E-state index is 0.352. The van der Waals surface area contributed by atoms with Crippen molar-refractivity contribution in [1.82, 2.24) is 15.0 Å². The van der Waals surface area contributed by atoms with Crippen LogP contribution in [-0.4, -0.2) is 22.1 Å². The average molecular weight is 367 g/mol. The van der Waals surface area contributed by atoms with Gasteiger partial charge in [-0.25, -0.2) is 15.0 Å². The first-order valence-corrected chi connectivity index (χ1v) is 8.77. The minimum absolute atomic E-state index is 0.352. The molecule has 4 rings (SSSR count). The molecule has 136 valence electrons. The Labute approximate surface area is 163 Å². The number of nitrogens with zero attached hydrogens (tertiary/aromatic N) is 3. The summed E-state index contributed by atoms with van der Waals surface area (Å²) in [5.74, 6) is 7.36. The molecule has 0 unspecified atom stereocenters. The number of fused-ring (bicyclic) bond motifs is 1. The Morgan fingerprint density at radius 2 is 1.68 bits per heavy atom. The van der Waals surface area contributed by atoms with E-state index in [2.05, 4.69) is 26.8 Å². The van der Waals surface area contributed by atoms with Gasteiger partial charge < -0.3 is 9.47 Å². The van der Waals surface area contributed by atoms with E-state index < -0.39 is 0 Å². The van der Waals surface area contributed by atoms with Gasteiger partial charge in [0.2, 0.25) is 5.88 Å². The Balaban J connectivity index is 1.65. The lowest BCUT2D eigenvalue weighted by atomic mass is 10.2. The third kappa shape index (κ3) is 4.08. The SMILES string of the molecule is COc1ccc(COc2nc3cccnc3nc2C#Cc2ccccc2)cc1. The van der Waals surface area contributed by atoms with Crippen molar-refractivity contribution in [3.05, 3.63) is 89.7 Å². The molecular weight excluding hydrogens is 350 g/mol. The van der Waals surface area contributed by atoms with Crippen molar-refractivity contribution in [3.63, 3.8) is 0 Å². The highest BCUT2D eigenvalue weighted by Crippen LogP contribution is 2.19. The highest BCUT2D eigenvalue weighted by Gasteiger charge is 2.10. The molecule has 0 amide bonds. The summed E-state index contributed by atoms with van der Waals surface area (Å²) in [5, 5.41) is 0. The molecule has 0 aliphatic heterocycles. The summed E-state index contributed by atoms with van der Waals surface area (Å²) in [7, 11) is 1.64. The number of rotatable bonds is 4. The van der Waals surface area contributed by atoms with Gasteiger partial charge in [0, 0.05) is 11.8 Å². The molecule has 0 saturated heterocycles. The van der Waals surface area contributed by atoms with Crippen LogP contribution in [0, 0.1) is 11.8 Å². The monoisotopic (exact) mass is 367 g/mol. The largest absolute Gasteiger partial charge is 0.497 e. The quantitative estimate of drug-likeness (QED) is 0.510. The number of hydrogen-bond donors (Lipinski definition) is 0. The van der Waals surface area contributed by atoms with Gasteiger partial charge in [0.15, 0.2) is 11.3 Å². The second kappa shape index (κ2) is 8.19. The summed E-state index contributed by atoms with van der Waals surface area (Å²) in [4.78, 5) is 13.4. The maximum absolute atomic E-state index is 5.95. The van der Waals surface area contributed by atoms with E-state index in [1.807, 2.05) is 66.7 Å². The first-order valence-electron chi connectivity index (χ1n) is 8.77. The Morgan fingerprint density at radius 1 is 0.857 bits per heavy atom. The summed E-state index contributed by atoms with van der Waals surface area (Å²) in [6.07, 6.45) is 1.68. The van der Waals surface area contributed by atoms with Crippen LogP contribution in [0.3, 0.4) is 0 Å². The van der Waals surface area contributed by atoms with Crippen LogP contribution in [-0.2, 0) is 6.61 Å². The number of benzene rings is 2. The van der Waals surface area contributed by atoms with Gasteiger partial charge in [-0.1, -0.05) is 36.3 Å². The lowest BCUT2D eigenvalue weighted by Gasteiger charge is -2.08. The fourth-order valence-corrected chi connectivity index (χ4v) is 2.59. The fourth-order valence-electron chi connectivity index (χ4n) is 2.59. The van der Waals surface area contributed by atoms with Crippen molar-refractivity contribution in [1.29, 1.82) is 0 Å². The van der Waals surface area contributed by atoms with E-state index in [9.17, 15) is 0 Å². The molecule has 0 saturated carbocycles. The number of aromatic nitrogens is 3. The molecule has 2 aromatic carbocycles. The molecule has 0 bridgehead atoms. The molecule has 0 spiro atoms. The molecule has 5 nitrogen and oxygen atoms in total. The van der Waals surface area contributed by atoms with Gasteiger partial charge in [-0.2, -0.15) is 0 Å². The predicted octanol–water partition coefficient (Wildman–Crippen LogP) is 4.01. The molecule has 4 aromatic rings. The van der Waals surface area contributed by atoms with E-state index in [-0.39, 0.29) is 0 Å². The van der Waals surface area contributed by atoms with Crippen molar-refractivity contribution in [2.45, 2.75) is 6.61 Å². The van der Waals surface area contributed by atoms with Gasteiger partial charge in [0.25, 0.3) is 0 Å². The second-order valence-corrected chi connectivity index (χ2v) is 5.98. The first-order chi connectivity index (χ1) is 13.8. The molecule has 0 radical (unpaired) electrons. The second-order valence-electron chi connectivity index (χ2n) is 5.98. The zero-order valence-corrected chi connectivity index (χ0v) is 15.3. The van der Waals surface area contributed by atoms with Gasteiger partial charge in [-0.05, 0) is 47.9 Å². The van der Waals surface area contributed by atoms with Crippen LogP contribution in [0.25, 0.3) is 11.2 Å². The van der Waals surface area contributed by atoms with Crippen molar-refractivity contribution in [2.75, 3.05) is 7.11 Å². The zero-order valence-electron chi connectivity index (χ0n) is 15.3. The summed E-state index contributed by atoms with van der Waals surface area (Å²) in [6.45, 7) is 0.352. The lowest BCUT2D eigenvalue weighted by molar-refractivity contribution is 0.292. The molecule has 0 atom stereocenters. The van der Waals surface area contributed by atoms with Gasteiger partial charge in [0.05, 0.1) is 7.11 Å². The predicted molar refractivity (Wildman–Crippen MR) is 107 cm³/mol. The molecule has 28 heavy (non-hydrogen) atoms. The van der Waals surface area contributed by atoms with Crippen LogP contribution in [0.1, 0.15) is 16.8 Å². The maximum atomic E-state index is 5.95. The smallest absolute Gasteiger partial charge is 0.250 e. The molecule has 2 heterocycles. The summed E-state index contributed by atoms with van der Waals surface area (Å²) >= 11 is 0. The number of ether oxygens (including phenoxy) is 2. The first kappa shape index (κ1) is 17.5. The number of hydrogen-bond acceptors (Lipinski definition) is 5. The van der Waals surface area contributed by atoms with Crippen molar-refractivity contribution in [3.8, 4) is 23.5 Å². The van der Waals surface area contributed by atoms with Gasteiger partial charge in [-0.3, -0.25) is 0 Å². The van der Waals surface area contributed by atoms with E-state index in [0.717, 1.165) is 16.9 Å². The van der Waals surface area contributed by atoms with Crippen LogP contribution >= 0.6 is 0 Å². The van der Waals surface area contributed by atoms with E-state index in [4.69, 9.17) is 9.47 Å². The highest BCUT2D eigenvalue weighted by atomic mass is 16.5. The minimum Gasteiger partial charge on any atom is -0.497 e. The highest BCUT2D eigenvalue weighted by molar-refractivity contribution is 5.71. The third-order valence-electron chi connectivity index (χ3n) is 4.04. The summed E-state index contributed by atoms with van der Waals surface area (Å²) < 4.78 is 11.1. The molecular formula is C23H17N3O2. The van der Waals surface area contributed by atoms with E-state index in [1.54, 1.807) is 13.3 Å². The van der Waals surface area contributed by atoms with E-state index in [0.29, 0.717) is 29.3 Å². The fraction of sp³-hybridized carbons (Fsp3) is 0.0870. The molecule has 2 aromatic heterocycles. The van der Waals surface area contributed by atoms with Crippen LogP contribution < -0.4 is 9.47 Å². The van der Waals surface area contributed by atoms with Crippen molar-refractivity contribution in [2.24, 2.45) is 0 Å². The third-order valence-corrected chi connectivity index (χ3v) is 4.04. The van der Waals surface area contributed by atoms with Gasteiger partial charge >= 0.3 is 0 Å². The molecule has 5 heteroatoms. The lowest BCUT2D eigenvalue weighted by Crippen LogP contribution is -2.02. The van der Waals surface area contributed by atoms with Crippen LogP contribution in [0.15, 0.2) is 72.9 Å². The van der Waals surface area contributed by atoms with Crippen LogP contribution in [0.2, 0.25) is 0 Å². The maximum Gasteiger partial charge on any atom is 0.250 e. The van der Waals surface area contributed by atoms with E-state index >= 15 is 0 Å². The molecule has 0 aliphatic carbocycles. The van der Waals surface area contributed by atoms with Crippen molar-refractivity contribution >= 4 is 11.2 Å². The van der Waals surface area contributed by atoms with Gasteiger partial charge in [0.1, 0.15) is 17.9 Å². The zero-order chi connectivity index (χ0) is 19.2.